The lowest BCUT2D eigenvalue weighted by Gasteiger charge is -2.07. The van der Waals surface area contributed by atoms with E-state index in [9.17, 15) is 8.42 Å². The number of hydrogen-bond acceptors (Lipinski definition) is 4. The molecule has 17 heavy (non-hydrogen) atoms. The van der Waals surface area contributed by atoms with Crippen LogP contribution in [-0.4, -0.2) is 18.2 Å². The summed E-state index contributed by atoms with van der Waals surface area (Å²) in [5.74, 6) is 0.559. The maximum Gasteiger partial charge on any atom is 0.240 e. The summed E-state index contributed by atoms with van der Waals surface area (Å²) in [6, 6.07) is 8.15. The second-order valence-corrected chi connectivity index (χ2v) is 5.07. The number of nitrogens with one attached hydrogen (secondary N) is 1. The first-order chi connectivity index (χ1) is 7.97. The van der Waals surface area contributed by atoms with Crippen LogP contribution in [0, 0.1) is 0 Å². The number of aromatic nitrogens is 2. The van der Waals surface area contributed by atoms with E-state index in [2.05, 4.69) is 10.4 Å². The van der Waals surface area contributed by atoms with Crippen molar-refractivity contribution in [3.8, 4) is 0 Å². The molecule has 7 heteroatoms. The molecule has 1 aromatic heterocycles. The monoisotopic (exact) mass is 252 g/mol. The Morgan fingerprint density at radius 1 is 1.29 bits per heavy atom. The Hall–Kier alpha value is -1.86. The summed E-state index contributed by atoms with van der Waals surface area (Å²) in [6.07, 6.45) is 1.75. The van der Waals surface area contributed by atoms with E-state index in [1.807, 2.05) is 0 Å². The Bertz CT molecular complexity index is 633. The van der Waals surface area contributed by atoms with E-state index >= 15 is 0 Å². The summed E-state index contributed by atoms with van der Waals surface area (Å²) < 4.78 is 24.3. The lowest BCUT2D eigenvalue weighted by atomic mass is 10.3. The number of primary sulfonamides is 1. The van der Waals surface area contributed by atoms with Crippen molar-refractivity contribution in [3.63, 3.8) is 0 Å². The number of rotatable bonds is 3. The van der Waals surface area contributed by atoms with Crippen LogP contribution >= 0.6 is 0 Å². The van der Waals surface area contributed by atoms with E-state index in [1.165, 1.54) is 6.07 Å². The van der Waals surface area contributed by atoms with Gasteiger partial charge in [-0.2, -0.15) is 5.10 Å². The fraction of sp³-hybridized carbons (Fsp3) is 0.100. The number of nitrogens with two attached hydrogens (primary N) is 1. The van der Waals surface area contributed by atoms with Gasteiger partial charge >= 0.3 is 0 Å². The van der Waals surface area contributed by atoms with Crippen LogP contribution in [0.3, 0.4) is 0 Å². The molecule has 0 fully saturated rings. The molecule has 90 valence electrons. The maximum absolute atomic E-state index is 11.4. The molecule has 0 saturated heterocycles. The molecular weight excluding hydrogens is 240 g/mol. The quantitative estimate of drug-likeness (QED) is 0.845. The maximum atomic E-state index is 11.4. The molecule has 3 N–H and O–H groups in total. The largest absolute Gasteiger partial charge is 0.338 e. The molecule has 0 amide bonds. The minimum absolute atomic E-state index is 0.0469. The van der Waals surface area contributed by atoms with Crippen molar-refractivity contribution in [2.75, 3.05) is 5.32 Å². The predicted molar refractivity (Wildman–Crippen MR) is 64.3 cm³/mol. The van der Waals surface area contributed by atoms with Gasteiger partial charge in [0.05, 0.1) is 5.69 Å². The predicted octanol–water partition coefficient (Wildman–Crippen LogP) is 0.811. The van der Waals surface area contributed by atoms with Gasteiger partial charge in [-0.3, -0.25) is 4.68 Å². The van der Waals surface area contributed by atoms with Gasteiger partial charge in [0.2, 0.25) is 10.0 Å². The van der Waals surface area contributed by atoms with Gasteiger partial charge in [-0.25, -0.2) is 13.6 Å². The van der Waals surface area contributed by atoms with Crippen molar-refractivity contribution >= 4 is 21.5 Å². The lowest BCUT2D eigenvalue weighted by molar-refractivity contribution is 0.598. The Balaban J connectivity index is 2.40. The lowest BCUT2D eigenvalue weighted by Crippen LogP contribution is -2.14. The number of anilines is 2. The summed E-state index contributed by atoms with van der Waals surface area (Å²) in [5.41, 5.74) is 0.411. The minimum Gasteiger partial charge on any atom is -0.338 e. The Labute approximate surface area is 99.1 Å². The smallest absolute Gasteiger partial charge is 0.240 e. The molecule has 6 nitrogen and oxygen atoms in total. The Morgan fingerprint density at radius 2 is 2.00 bits per heavy atom. The van der Waals surface area contributed by atoms with Crippen LogP contribution < -0.4 is 10.5 Å². The van der Waals surface area contributed by atoms with Crippen LogP contribution in [0.25, 0.3) is 0 Å². The van der Waals surface area contributed by atoms with Crippen LogP contribution in [0.5, 0.6) is 0 Å². The highest BCUT2D eigenvalue weighted by molar-refractivity contribution is 7.89. The fourth-order valence-electron chi connectivity index (χ4n) is 1.44. The van der Waals surface area contributed by atoms with Crippen molar-refractivity contribution in [1.29, 1.82) is 0 Å². The highest BCUT2D eigenvalue weighted by Gasteiger charge is 2.13. The summed E-state index contributed by atoms with van der Waals surface area (Å²) in [7, 11) is -1.97. The van der Waals surface area contributed by atoms with Gasteiger partial charge in [0, 0.05) is 19.3 Å². The van der Waals surface area contributed by atoms with Crippen LogP contribution in [0.2, 0.25) is 0 Å². The molecule has 2 aromatic rings. The van der Waals surface area contributed by atoms with Crippen molar-refractivity contribution in [2.45, 2.75) is 4.90 Å². The average molecular weight is 252 g/mol. The molecule has 0 aliphatic rings. The number of para-hydroxylation sites is 1. The molecule has 0 aliphatic carbocycles. The molecule has 0 atom stereocenters. The van der Waals surface area contributed by atoms with Crippen molar-refractivity contribution < 1.29 is 8.42 Å². The van der Waals surface area contributed by atoms with Gasteiger partial charge in [-0.1, -0.05) is 12.1 Å². The van der Waals surface area contributed by atoms with Crippen molar-refractivity contribution in [2.24, 2.45) is 12.2 Å². The molecule has 0 unspecified atom stereocenters. The van der Waals surface area contributed by atoms with Crippen LogP contribution in [-0.2, 0) is 17.1 Å². The van der Waals surface area contributed by atoms with Crippen LogP contribution in [0.15, 0.2) is 41.4 Å². The zero-order valence-electron chi connectivity index (χ0n) is 9.16. The van der Waals surface area contributed by atoms with E-state index in [4.69, 9.17) is 5.14 Å². The molecule has 2 rings (SSSR count). The number of nitrogens with zero attached hydrogens (tertiary/aromatic N) is 2. The normalized spacial score (nSPS) is 11.4. The second kappa shape index (κ2) is 4.19. The molecule has 0 radical (unpaired) electrons. The Kier molecular flexibility index (Phi) is 2.86. The standard InChI is InChI=1S/C10H12N4O2S/c1-14-7-6-10(13-14)12-8-4-2-3-5-9(8)17(11,15)16/h2-7H,1H3,(H,12,13)(H2,11,15,16). The minimum atomic E-state index is -3.74. The van der Waals surface area contributed by atoms with Crippen LogP contribution in [0.1, 0.15) is 0 Å². The average Bonchev–Trinajstić information content (AvgIpc) is 2.63. The molecule has 0 bridgehead atoms. The van der Waals surface area contributed by atoms with E-state index < -0.39 is 10.0 Å². The van der Waals surface area contributed by atoms with Gasteiger partial charge in [0.1, 0.15) is 4.90 Å². The zero-order valence-corrected chi connectivity index (χ0v) is 9.98. The molecular formula is C10H12N4O2S. The van der Waals surface area contributed by atoms with Gasteiger partial charge < -0.3 is 5.32 Å². The summed E-state index contributed by atoms with van der Waals surface area (Å²) in [4.78, 5) is 0.0469. The van der Waals surface area contributed by atoms with Gasteiger partial charge in [0.25, 0.3) is 0 Å². The summed E-state index contributed by atoms with van der Waals surface area (Å²) >= 11 is 0. The highest BCUT2D eigenvalue weighted by atomic mass is 32.2. The Morgan fingerprint density at radius 3 is 2.59 bits per heavy atom. The van der Waals surface area contributed by atoms with E-state index in [0.717, 1.165) is 0 Å². The van der Waals surface area contributed by atoms with Gasteiger partial charge in [-0.15, -0.1) is 0 Å². The number of benzene rings is 1. The fourth-order valence-corrected chi connectivity index (χ4v) is 2.13. The van der Waals surface area contributed by atoms with E-state index in [0.29, 0.717) is 11.5 Å². The first-order valence-corrected chi connectivity index (χ1v) is 6.40. The molecule has 1 aromatic carbocycles. The molecule has 0 saturated carbocycles. The van der Waals surface area contributed by atoms with E-state index in [-0.39, 0.29) is 4.90 Å². The molecule has 1 heterocycles. The van der Waals surface area contributed by atoms with Gasteiger partial charge in [0.15, 0.2) is 5.82 Å². The van der Waals surface area contributed by atoms with Crippen molar-refractivity contribution in [1.82, 2.24) is 9.78 Å². The number of aryl methyl sites for hydroxylation is 1. The third-order valence-electron chi connectivity index (χ3n) is 2.17. The molecule has 0 aliphatic heterocycles. The number of hydrogen-bond donors (Lipinski definition) is 2. The zero-order chi connectivity index (χ0) is 12.5. The third kappa shape index (κ3) is 2.63. The first kappa shape index (κ1) is 11.6. The number of sulfonamides is 1. The highest BCUT2D eigenvalue weighted by Crippen LogP contribution is 2.22. The van der Waals surface area contributed by atoms with Gasteiger partial charge in [-0.05, 0) is 12.1 Å². The van der Waals surface area contributed by atoms with E-state index in [1.54, 1.807) is 42.2 Å². The SMILES string of the molecule is Cn1ccc(Nc2ccccc2S(N)(=O)=O)n1. The second-order valence-electron chi connectivity index (χ2n) is 3.54. The summed E-state index contributed by atoms with van der Waals surface area (Å²) in [6.45, 7) is 0. The first-order valence-electron chi connectivity index (χ1n) is 4.85. The topological polar surface area (TPSA) is 90.0 Å². The van der Waals surface area contributed by atoms with Crippen LogP contribution in [0.4, 0.5) is 11.5 Å². The third-order valence-corrected chi connectivity index (χ3v) is 3.14. The summed E-state index contributed by atoms with van der Waals surface area (Å²) in [5, 5.41) is 12.1. The van der Waals surface area contributed by atoms with Crippen molar-refractivity contribution in [3.05, 3.63) is 36.5 Å². The molecule has 0 spiro atoms.